The number of nitrogens with one attached hydrogen (secondary N) is 6. The first-order valence-corrected chi connectivity index (χ1v) is 32.0. The second-order valence-corrected chi connectivity index (χ2v) is 23.9. The zero-order valence-corrected chi connectivity index (χ0v) is 57.6. The Bertz CT molecular complexity index is 3940. The highest BCUT2D eigenvalue weighted by Gasteiger charge is 2.25. The molecule has 3 atom stereocenters. The maximum absolute atomic E-state index is 12.8. The van der Waals surface area contributed by atoms with Crippen LogP contribution in [0.3, 0.4) is 0 Å². The number of carboxylic acids is 1. The molecule has 24 heteroatoms. The van der Waals surface area contributed by atoms with E-state index in [0.717, 1.165) is 16.7 Å². The van der Waals surface area contributed by atoms with Gasteiger partial charge in [-0.15, -0.1) is 0 Å². The highest BCUT2D eigenvalue weighted by molar-refractivity contribution is 6.67. The minimum Gasteiger partial charge on any atom is -0.489 e. The summed E-state index contributed by atoms with van der Waals surface area (Å²) in [7, 11) is 3.04. The number of hydrogen-bond donors (Lipinski definition) is 9. The highest BCUT2D eigenvalue weighted by atomic mass is 35.5. The Labute approximate surface area is 620 Å². The number of ether oxygens (including phenoxy) is 3. The van der Waals surface area contributed by atoms with Gasteiger partial charge in [-0.2, -0.15) is 0 Å². The average molecular weight is 1480 g/mol. The van der Waals surface area contributed by atoms with E-state index in [4.69, 9.17) is 72.1 Å². The van der Waals surface area contributed by atoms with Gasteiger partial charge < -0.3 is 62.7 Å². The zero-order chi connectivity index (χ0) is 71.3. The minimum absolute atomic E-state index is 0. The van der Waals surface area contributed by atoms with Gasteiger partial charge in [-0.25, -0.2) is 4.79 Å². The van der Waals surface area contributed by atoms with Gasteiger partial charge in [0.05, 0.1) is 33.4 Å². The molecule has 8 aromatic rings. The Kier molecular flexibility index (Phi) is 41.7. The lowest BCUT2D eigenvalue weighted by Crippen LogP contribution is -2.47. The molecule has 0 aliphatic rings. The van der Waals surface area contributed by atoms with Crippen LogP contribution in [0, 0.1) is 0 Å². The molecule has 20 nitrogen and oxygen atoms in total. The number of likely N-dealkylation sites (N-methyl/N-ethyl adjacent to an activating group) is 2. The van der Waals surface area contributed by atoms with Gasteiger partial charge in [0.1, 0.15) is 35.4 Å². The number of nitrogens with two attached hydrogens (primary N) is 2. The largest absolute Gasteiger partial charge is 0.489 e. The fourth-order valence-electron chi connectivity index (χ4n) is 8.77. The minimum atomic E-state index is -1.12. The standard InChI is InChI=1S/C27H28ClN3O4.C20H24ClN3O3.C19H21ClN2O4.C7H5ClO.5CH4/c1-17(2)35-24-14-11-20(16-22(24)28)26(33)31-23(27(34)29-3)15-18-9-12-21(13-10-18)30-25(32)19-7-5-4-6-8-19;1-12(2)27-18-9-6-14(11-16(18)21)19(25)24-17(20(26)23-3)10-13-4-7-15(22)8-5-13;1-11(2)26-17-8-5-13(10-15(17)20)18(23)22-16(19(24)25)9-12-3-6-14(21)7-4-12;8-7(9)6-4-2-1-3-5-6;;;;;/h4-14,16-17,23H,15H2,1-3H3,(H,29,34)(H,30,32)(H,31,33);4-9,11-12,17H,10,22H2,1-3H3,(H,23,26)(H,24,25);3-8,10-11,16H,9,21H2,1-2H3,(H,22,23)(H,24,25);1-5H;5*1H4. The molecule has 0 spiro atoms. The third-order valence-corrected chi connectivity index (χ3v) is 14.6. The summed E-state index contributed by atoms with van der Waals surface area (Å²) in [6, 6.07) is 50.3. The van der Waals surface area contributed by atoms with Gasteiger partial charge in [-0.3, -0.25) is 33.6 Å². The van der Waals surface area contributed by atoms with Crippen molar-refractivity contribution >= 4 is 110 Å². The molecule has 0 aliphatic carbocycles. The van der Waals surface area contributed by atoms with Crippen LogP contribution in [-0.2, 0) is 33.6 Å². The number of amides is 6. The molecule has 0 saturated carbocycles. The molecule has 0 saturated heterocycles. The number of benzene rings is 8. The molecule has 3 unspecified atom stereocenters. The number of carboxylic acid groups (broad SMARTS) is 1. The summed E-state index contributed by atoms with van der Waals surface area (Å²) in [6.07, 6.45) is 0.615. The lowest BCUT2D eigenvalue weighted by atomic mass is 10.0. The second kappa shape index (κ2) is 46.3. The molecular formula is C78H98Cl4N8O12. The van der Waals surface area contributed by atoms with E-state index in [0.29, 0.717) is 73.0 Å². The molecule has 0 radical (unpaired) electrons. The highest BCUT2D eigenvalue weighted by Crippen LogP contribution is 2.29. The summed E-state index contributed by atoms with van der Waals surface area (Å²) in [5.74, 6) is -1.83. The van der Waals surface area contributed by atoms with Crippen molar-refractivity contribution < 1.29 is 57.7 Å². The molecule has 550 valence electrons. The van der Waals surface area contributed by atoms with Crippen molar-refractivity contribution in [3.63, 3.8) is 0 Å². The summed E-state index contributed by atoms with van der Waals surface area (Å²) in [5, 5.41) is 26.0. The van der Waals surface area contributed by atoms with Gasteiger partial charge in [0.2, 0.25) is 11.8 Å². The smallest absolute Gasteiger partial charge is 0.326 e. The number of nitrogen functional groups attached to an aromatic ring is 2. The van der Waals surface area contributed by atoms with Gasteiger partial charge in [0.25, 0.3) is 28.9 Å². The first-order valence-electron chi connectivity index (χ1n) is 30.5. The second-order valence-electron chi connectivity index (χ2n) is 22.3. The Morgan fingerprint density at radius 3 is 0.961 bits per heavy atom. The van der Waals surface area contributed by atoms with Crippen LogP contribution in [0.5, 0.6) is 17.2 Å². The van der Waals surface area contributed by atoms with Crippen LogP contribution in [0.25, 0.3) is 0 Å². The number of rotatable bonds is 24. The molecule has 0 aliphatic heterocycles. The van der Waals surface area contributed by atoms with Crippen LogP contribution in [0.4, 0.5) is 17.1 Å². The van der Waals surface area contributed by atoms with Crippen molar-refractivity contribution in [2.24, 2.45) is 0 Å². The Morgan fingerprint density at radius 2 is 0.686 bits per heavy atom. The third kappa shape index (κ3) is 31.2. The topological polar surface area (TPSA) is 309 Å². The quantitative estimate of drug-likeness (QED) is 0.0201. The van der Waals surface area contributed by atoms with E-state index in [-0.39, 0.29) is 96.6 Å². The zero-order valence-electron chi connectivity index (χ0n) is 54.6. The van der Waals surface area contributed by atoms with Crippen molar-refractivity contribution in [3.8, 4) is 17.2 Å². The molecule has 102 heavy (non-hydrogen) atoms. The van der Waals surface area contributed by atoms with Crippen LogP contribution in [0.1, 0.15) is 147 Å². The Hall–Kier alpha value is -10.1. The maximum atomic E-state index is 12.8. The predicted molar refractivity (Wildman–Crippen MR) is 415 cm³/mol. The van der Waals surface area contributed by atoms with Crippen molar-refractivity contribution in [2.45, 2.75) is 134 Å². The Morgan fingerprint density at radius 1 is 0.392 bits per heavy atom. The fourth-order valence-corrected chi connectivity index (χ4v) is 9.57. The molecule has 6 amide bonds. The molecule has 0 heterocycles. The number of halogens is 4. The predicted octanol–water partition coefficient (Wildman–Crippen LogP) is 15.6. The van der Waals surface area contributed by atoms with E-state index in [1.54, 1.807) is 146 Å². The van der Waals surface area contributed by atoms with Crippen molar-refractivity contribution in [1.82, 2.24) is 26.6 Å². The molecule has 0 bridgehead atoms. The molecule has 8 aromatic carbocycles. The first-order chi connectivity index (χ1) is 46.1. The number of aliphatic carboxylic acids is 1. The molecule has 8 rings (SSSR count). The monoisotopic (exact) mass is 1480 g/mol. The number of hydrogen-bond acceptors (Lipinski definition) is 13. The van der Waals surface area contributed by atoms with Crippen molar-refractivity contribution in [3.05, 3.63) is 248 Å². The van der Waals surface area contributed by atoms with Crippen LogP contribution in [-0.4, -0.2) is 102 Å². The van der Waals surface area contributed by atoms with Crippen LogP contribution in [0.15, 0.2) is 188 Å². The van der Waals surface area contributed by atoms with E-state index < -0.39 is 47.1 Å². The van der Waals surface area contributed by atoms with Crippen molar-refractivity contribution in [1.29, 1.82) is 0 Å². The van der Waals surface area contributed by atoms with Crippen LogP contribution in [0.2, 0.25) is 15.1 Å². The van der Waals surface area contributed by atoms with Gasteiger partial charge >= 0.3 is 5.97 Å². The van der Waals surface area contributed by atoms with Crippen molar-refractivity contribution in [2.75, 3.05) is 30.9 Å². The first kappa shape index (κ1) is 91.9. The summed E-state index contributed by atoms with van der Waals surface area (Å²) in [5.41, 5.74) is 17.6. The van der Waals surface area contributed by atoms with E-state index >= 15 is 0 Å². The third-order valence-electron chi connectivity index (χ3n) is 13.5. The summed E-state index contributed by atoms with van der Waals surface area (Å²) in [4.78, 5) is 96.7. The lowest BCUT2D eigenvalue weighted by Gasteiger charge is -2.18. The summed E-state index contributed by atoms with van der Waals surface area (Å²) in [6.45, 7) is 11.3. The Balaban J connectivity index is 0.00000139. The molecular weight excluding hydrogens is 1380 g/mol. The van der Waals surface area contributed by atoms with Gasteiger partial charge in [-0.05, 0) is 173 Å². The summed E-state index contributed by atoms with van der Waals surface area (Å²) < 4.78 is 16.7. The van der Waals surface area contributed by atoms with Crippen LogP contribution >= 0.6 is 46.4 Å². The molecule has 11 N–H and O–H groups in total. The maximum Gasteiger partial charge on any atom is 0.326 e. The van der Waals surface area contributed by atoms with Crippen LogP contribution < -0.4 is 57.6 Å². The molecule has 0 aromatic heterocycles. The molecule has 0 fully saturated rings. The van der Waals surface area contributed by atoms with Gasteiger partial charge in [0.15, 0.2) is 0 Å². The van der Waals surface area contributed by atoms with Gasteiger partial charge in [0, 0.05) is 78.2 Å². The number of carbonyl (C=O) groups excluding carboxylic acids is 7. The SMILES string of the molecule is C.C.C.C.C.CC(C)Oc1ccc(C(=O)NC(Cc2ccc(N)cc2)C(=O)O)cc1Cl.CNC(=O)C(Cc1ccc(N)cc1)NC(=O)c1ccc(OC(C)C)c(Cl)c1.CNC(=O)C(Cc1ccc(NC(=O)c2ccccc2)cc1)NC(=O)c1ccc(OC(C)C)c(Cl)c1.O=C(Cl)c1ccccc1. The average Bonchev–Trinajstić information content (AvgIpc) is 0.853. The van der Waals surface area contributed by atoms with E-state index in [1.165, 1.54) is 32.3 Å². The van der Waals surface area contributed by atoms with E-state index in [9.17, 15) is 43.5 Å². The van der Waals surface area contributed by atoms with E-state index in [2.05, 4.69) is 31.9 Å². The number of anilines is 3. The lowest BCUT2D eigenvalue weighted by molar-refractivity contribution is -0.139. The number of carbonyl (C=O) groups is 8. The normalized spacial score (nSPS) is 10.9. The fraction of sp³-hybridized carbons (Fsp3) is 0.282. The summed E-state index contributed by atoms with van der Waals surface area (Å²) >= 11 is 23.7. The van der Waals surface area contributed by atoms with Gasteiger partial charge in [-0.1, -0.05) is 157 Å². The van der Waals surface area contributed by atoms with E-state index in [1.807, 2.05) is 65.8 Å².